The molecule has 3 rings (SSSR count). The van der Waals surface area contributed by atoms with E-state index in [1.165, 1.54) is 0 Å². The molecule has 0 aromatic carbocycles. The molecule has 2 aliphatic heterocycles. The largest absolute Gasteiger partial charge is 0.381 e. The number of nitrogens with one attached hydrogen (secondary N) is 2. The van der Waals surface area contributed by atoms with E-state index in [1.54, 1.807) is 12.4 Å². The zero-order valence-corrected chi connectivity index (χ0v) is 16.2. The van der Waals surface area contributed by atoms with Crippen LogP contribution in [0.4, 0.5) is 0 Å². The molecule has 2 saturated heterocycles. The predicted molar refractivity (Wildman–Crippen MR) is 102 cm³/mol. The van der Waals surface area contributed by atoms with Gasteiger partial charge >= 0.3 is 0 Å². The van der Waals surface area contributed by atoms with Crippen LogP contribution in [0.3, 0.4) is 0 Å². The highest BCUT2D eigenvalue weighted by Crippen LogP contribution is 2.26. The fraction of sp³-hybridized carbons (Fsp3) is 0.650. The van der Waals surface area contributed by atoms with Gasteiger partial charge in [0.15, 0.2) is 0 Å². The summed E-state index contributed by atoms with van der Waals surface area (Å²) in [7, 11) is 0. The number of hydrogen-bond acceptors (Lipinski definition) is 5. The van der Waals surface area contributed by atoms with Crippen LogP contribution < -0.4 is 10.6 Å². The standard InChI is InChI=1S/C20H30N4O3/c1-14(2)22-20(26)18-12-16(13-24(18)17-5-9-27-10-6-17)23-19(25)11-15-3-7-21-8-4-15/h3-4,7-8,14,16-18H,5-6,9-13H2,1-2H3,(H,22,26)(H,23,25). The fourth-order valence-electron chi connectivity index (χ4n) is 3.99. The average Bonchev–Trinajstić information content (AvgIpc) is 3.06. The molecule has 0 aliphatic carbocycles. The highest BCUT2D eigenvalue weighted by atomic mass is 16.5. The number of likely N-dealkylation sites (tertiary alicyclic amines) is 1. The third kappa shape index (κ3) is 5.49. The van der Waals surface area contributed by atoms with Crippen LogP contribution in [0, 0.1) is 0 Å². The lowest BCUT2D eigenvalue weighted by Crippen LogP contribution is -2.50. The minimum atomic E-state index is -0.193. The molecular formula is C20H30N4O3. The Kier molecular flexibility index (Phi) is 6.79. The van der Waals surface area contributed by atoms with Crippen LogP contribution in [0.1, 0.15) is 38.7 Å². The number of carbonyl (C=O) groups is 2. The Hall–Kier alpha value is -1.99. The summed E-state index contributed by atoms with van der Waals surface area (Å²) in [6.45, 7) is 6.12. The molecule has 2 fully saturated rings. The second-order valence-electron chi connectivity index (χ2n) is 7.75. The highest BCUT2D eigenvalue weighted by molar-refractivity contribution is 5.83. The Labute approximate surface area is 160 Å². The number of rotatable bonds is 6. The maximum atomic E-state index is 12.7. The lowest BCUT2D eigenvalue weighted by atomic mass is 10.1. The Morgan fingerprint density at radius 1 is 1.26 bits per heavy atom. The zero-order chi connectivity index (χ0) is 19.2. The molecule has 7 heteroatoms. The van der Waals surface area contributed by atoms with Gasteiger partial charge in [-0.1, -0.05) is 0 Å². The molecule has 1 aromatic heterocycles. The molecule has 1 aromatic rings. The number of hydrogen-bond donors (Lipinski definition) is 2. The molecule has 3 heterocycles. The van der Waals surface area contributed by atoms with Gasteiger partial charge < -0.3 is 15.4 Å². The molecule has 2 aliphatic rings. The number of pyridine rings is 1. The second-order valence-corrected chi connectivity index (χ2v) is 7.75. The van der Waals surface area contributed by atoms with Crippen molar-refractivity contribution in [1.29, 1.82) is 0 Å². The van der Waals surface area contributed by atoms with Gasteiger partial charge in [0.1, 0.15) is 0 Å². The van der Waals surface area contributed by atoms with Crippen molar-refractivity contribution < 1.29 is 14.3 Å². The van der Waals surface area contributed by atoms with Crippen LogP contribution in [0.2, 0.25) is 0 Å². The van der Waals surface area contributed by atoms with Crippen LogP contribution in [0.5, 0.6) is 0 Å². The number of nitrogens with zero attached hydrogens (tertiary/aromatic N) is 2. The van der Waals surface area contributed by atoms with Gasteiger partial charge in [0.2, 0.25) is 11.8 Å². The molecule has 27 heavy (non-hydrogen) atoms. The van der Waals surface area contributed by atoms with Gasteiger partial charge in [0.25, 0.3) is 0 Å². The molecule has 2 unspecified atom stereocenters. The Bertz CT molecular complexity index is 631. The summed E-state index contributed by atoms with van der Waals surface area (Å²) in [5.41, 5.74) is 0.941. The monoisotopic (exact) mass is 374 g/mol. The number of aromatic nitrogens is 1. The van der Waals surface area contributed by atoms with Gasteiger partial charge in [0.05, 0.1) is 12.5 Å². The van der Waals surface area contributed by atoms with Crippen molar-refractivity contribution in [2.45, 2.75) is 63.7 Å². The van der Waals surface area contributed by atoms with E-state index in [1.807, 2.05) is 26.0 Å². The number of carbonyl (C=O) groups excluding carboxylic acids is 2. The molecule has 2 amide bonds. The van der Waals surface area contributed by atoms with E-state index in [9.17, 15) is 9.59 Å². The van der Waals surface area contributed by atoms with E-state index >= 15 is 0 Å². The average molecular weight is 374 g/mol. The van der Waals surface area contributed by atoms with Crippen molar-refractivity contribution >= 4 is 11.8 Å². The summed E-state index contributed by atoms with van der Waals surface area (Å²) in [5, 5.41) is 6.16. The second kappa shape index (κ2) is 9.28. The molecular weight excluding hydrogens is 344 g/mol. The smallest absolute Gasteiger partial charge is 0.237 e. The van der Waals surface area contributed by atoms with Crippen molar-refractivity contribution in [1.82, 2.24) is 20.5 Å². The lowest BCUT2D eigenvalue weighted by Gasteiger charge is -2.35. The van der Waals surface area contributed by atoms with Crippen molar-refractivity contribution in [3.05, 3.63) is 30.1 Å². The Balaban J connectivity index is 1.62. The van der Waals surface area contributed by atoms with E-state index in [0.717, 1.165) is 31.6 Å². The Morgan fingerprint density at radius 2 is 1.96 bits per heavy atom. The lowest BCUT2D eigenvalue weighted by molar-refractivity contribution is -0.127. The van der Waals surface area contributed by atoms with Crippen LogP contribution in [-0.2, 0) is 20.7 Å². The van der Waals surface area contributed by atoms with Gasteiger partial charge in [-0.25, -0.2) is 0 Å². The van der Waals surface area contributed by atoms with E-state index in [0.29, 0.717) is 25.4 Å². The maximum absolute atomic E-state index is 12.7. The molecule has 0 spiro atoms. The van der Waals surface area contributed by atoms with E-state index in [-0.39, 0.29) is 29.9 Å². The number of amides is 2. The zero-order valence-electron chi connectivity index (χ0n) is 16.2. The minimum Gasteiger partial charge on any atom is -0.381 e. The van der Waals surface area contributed by atoms with Gasteiger partial charge in [0, 0.05) is 50.3 Å². The maximum Gasteiger partial charge on any atom is 0.237 e. The van der Waals surface area contributed by atoms with Gasteiger partial charge in [-0.3, -0.25) is 19.5 Å². The summed E-state index contributed by atoms with van der Waals surface area (Å²) in [4.78, 5) is 31.4. The first kappa shape index (κ1) is 19.8. The first-order valence-corrected chi connectivity index (χ1v) is 9.85. The van der Waals surface area contributed by atoms with E-state index < -0.39 is 0 Å². The van der Waals surface area contributed by atoms with Crippen LogP contribution in [-0.4, -0.2) is 65.6 Å². The van der Waals surface area contributed by atoms with Crippen molar-refractivity contribution in [2.75, 3.05) is 19.8 Å². The summed E-state index contributed by atoms with van der Waals surface area (Å²) < 4.78 is 5.48. The molecule has 0 saturated carbocycles. The predicted octanol–water partition coefficient (Wildman–Crippen LogP) is 0.887. The summed E-state index contributed by atoms with van der Waals surface area (Å²) in [6, 6.07) is 3.94. The molecule has 0 bridgehead atoms. The number of ether oxygens (including phenoxy) is 1. The minimum absolute atomic E-state index is 0.00917. The molecule has 148 valence electrons. The third-order valence-corrected chi connectivity index (χ3v) is 5.21. The van der Waals surface area contributed by atoms with E-state index in [4.69, 9.17) is 4.74 Å². The quantitative estimate of drug-likeness (QED) is 0.773. The highest BCUT2D eigenvalue weighted by Gasteiger charge is 2.41. The van der Waals surface area contributed by atoms with Crippen LogP contribution in [0.25, 0.3) is 0 Å². The molecule has 7 nitrogen and oxygen atoms in total. The van der Waals surface area contributed by atoms with Crippen molar-refractivity contribution in [3.8, 4) is 0 Å². The van der Waals surface area contributed by atoms with Crippen LogP contribution >= 0.6 is 0 Å². The van der Waals surface area contributed by atoms with Crippen molar-refractivity contribution in [2.24, 2.45) is 0 Å². The van der Waals surface area contributed by atoms with E-state index in [2.05, 4.69) is 20.5 Å². The summed E-state index contributed by atoms with van der Waals surface area (Å²) >= 11 is 0. The third-order valence-electron chi connectivity index (χ3n) is 5.21. The van der Waals surface area contributed by atoms with Gasteiger partial charge in [-0.05, 0) is 50.8 Å². The molecule has 2 atom stereocenters. The normalized spacial score (nSPS) is 24.1. The molecule has 0 radical (unpaired) electrons. The van der Waals surface area contributed by atoms with Crippen LogP contribution in [0.15, 0.2) is 24.5 Å². The SMILES string of the molecule is CC(C)NC(=O)C1CC(NC(=O)Cc2ccncc2)CN1C1CCOCC1. The fourth-order valence-corrected chi connectivity index (χ4v) is 3.99. The summed E-state index contributed by atoms with van der Waals surface area (Å²) in [5.74, 6) is 0.0467. The summed E-state index contributed by atoms with van der Waals surface area (Å²) in [6.07, 6.45) is 6.23. The first-order valence-electron chi connectivity index (χ1n) is 9.85. The van der Waals surface area contributed by atoms with Crippen molar-refractivity contribution in [3.63, 3.8) is 0 Å². The van der Waals surface area contributed by atoms with Gasteiger partial charge in [-0.2, -0.15) is 0 Å². The van der Waals surface area contributed by atoms with Gasteiger partial charge in [-0.15, -0.1) is 0 Å². The first-order chi connectivity index (χ1) is 13.0. The topological polar surface area (TPSA) is 83.6 Å². The molecule has 2 N–H and O–H groups in total. The Morgan fingerprint density at radius 3 is 2.63 bits per heavy atom.